The van der Waals surface area contributed by atoms with Crippen molar-refractivity contribution in [2.45, 2.75) is 52.0 Å². The molecule has 0 fully saturated rings. The van der Waals surface area contributed by atoms with Crippen molar-refractivity contribution in [3.8, 4) is 0 Å². The maximum atomic E-state index is 5.86. The molecule has 1 aromatic rings. The minimum absolute atomic E-state index is 0.592. The lowest BCUT2D eigenvalue weighted by molar-refractivity contribution is 0.609. The Labute approximate surface area is 218 Å². The summed E-state index contributed by atoms with van der Waals surface area (Å²) in [4.78, 5) is 0. The molecule has 0 aliphatic carbocycles. The second kappa shape index (κ2) is 21.8. The molecule has 36 heavy (non-hydrogen) atoms. The summed E-state index contributed by atoms with van der Waals surface area (Å²) in [6.07, 6.45) is 3.01. The average Bonchev–Trinajstić information content (AvgIpc) is 2.88. The molecule has 11 nitrogen and oxygen atoms in total. The molecule has 0 unspecified atom stereocenters. The van der Waals surface area contributed by atoms with Gasteiger partial charge in [-0.2, -0.15) is 0 Å². The zero-order valence-electron chi connectivity index (χ0n) is 22.4. The van der Waals surface area contributed by atoms with Gasteiger partial charge in [0.05, 0.1) is 0 Å². The van der Waals surface area contributed by atoms with Gasteiger partial charge in [-0.25, -0.2) is 0 Å². The average molecular weight is 510 g/mol. The molecule has 0 bridgehead atoms. The third kappa shape index (κ3) is 11.9. The van der Waals surface area contributed by atoms with Crippen molar-refractivity contribution in [2.24, 2.45) is 34.4 Å². The lowest BCUT2D eigenvalue weighted by atomic mass is 9.83. The van der Waals surface area contributed by atoms with E-state index < -0.39 is 0 Å². The molecular weight excluding hydrogens is 454 g/mol. The van der Waals surface area contributed by atoms with Gasteiger partial charge in [-0.05, 0) is 59.2 Å². The van der Waals surface area contributed by atoms with E-state index in [2.05, 4.69) is 26.6 Å². The van der Waals surface area contributed by atoms with Crippen molar-refractivity contribution >= 4 is 0 Å². The van der Waals surface area contributed by atoms with Gasteiger partial charge in [0.25, 0.3) is 0 Å². The molecule has 1 aromatic carbocycles. The number of unbranched alkanes of at least 4 members (excludes halogenated alkanes) is 1. The monoisotopic (exact) mass is 509 g/mol. The minimum Gasteiger partial charge on any atom is -0.330 e. The van der Waals surface area contributed by atoms with Crippen LogP contribution in [0.25, 0.3) is 0 Å². The molecule has 0 saturated heterocycles. The lowest BCUT2D eigenvalue weighted by Gasteiger charge is -2.28. The van der Waals surface area contributed by atoms with Crippen LogP contribution >= 0.6 is 0 Å². The minimum atomic E-state index is 0.592. The van der Waals surface area contributed by atoms with E-state index in [1.807, 2.05) is 0 Å². The molecule has 210 valence electrons. The normalized spacial score (nSPS) is 11.5. The Balaban J connectivity index is 3.74. The highest BCUT2D eigenvalue weighted by atomic mass is 14.9. The van der Waals surface area contributed by atoms with E-state index in [9.17, 15) is 0 Å². The van der Waals surface area contributed by atoms with E-state index >= 15 is 0 Å². The van der Waals surface area contributed by atoms with Gasteiger partial charge in [0.1, 0.15) is 0 Å². The van der Waals surface area contributed by atoms with Crippen molar-refractivity contribution in [3.05, 3.63) is 33.4 Å². The Morgan fingerprint density at radius 3 is 0.861 bits per heavy atom. The highest BCUT2D eigenvalue weighted by molar-refractivity contribution is 5.53. The van der Waals surface area contributed by atoms with Crippen LogP contribution in [0.2, 0.25) is 0 Å². The molecule has 0 aliphatic heterocycles. The lowest BCUT2D eigenvalue weighted by Crippen LogP contribution is -2.32. The van der Waals surface area contributed by atoms with Gasteiger partial charge in [0.2, 0.25) is 0 Å². The first-order valence-electron chi connectivity index (χ1n) is 13.6. The van der Waals surface area contributed by atoms with E-state index in [0.29, 0.717) is 39.3 Å². The van der Waals surface area contributed by atoms with E-state index in [0.717, 1.165) is 84.7 Å². The fourth-order valence-corrected chi connectivity index (χ4v) is 4.48. The van der Waals surface area contributed by atoms with Gasteiger partial charge in [0.15, 0.2) is 0 Å². The van der Waals surface area contributed by atoms with Crippen molar-refractivity contribution in [3.63, 3.8) is 0 Å². The first kappa shape index (κ1) is 32.8. The van der Waals surface area contributed by atoms with Gasteiger partial charge in [-0.15, -0.1) is 0 Å². The third-order valence-corrected chi connectivity index (χ3v) is 6.18. The van der Waals surface area contributed by atoms with Crippen LogP contribution in [0.4, 0.5) is 0 Å². The molecule has 0 amide bonds. The van der Waals surface area contributed by atoms with Gasteiger partial charge in [0, 0.05) is 98.2 Å². The number of nitrogens with two attached hydrogens (primary N) is 6. The molecule has 0 saturated carbocycles. The zero-order chi connectivity index (χ0) is 26.4. The van der Waals surface area contributed by atoms with Crippen molar-refractivity contribution in [1.82, 2.24) is 26.6 Å². The number of hydrogen-bond donors (Lipinski definition) is 11. The summed E-state index contributed by atoms with van der Waals surface area (Å²) in [5.74, 6) is 0. The topological polar surface area (TPSA) is 216 Å². The molecule has 0 atom stereocenters. The number of rotatable bonds is 24. The second-order valence-corrected chi connectivity index (χ2v) is 8.94. The molecule has 0 aromatic heterocycles. The Hall–Kier alpha value is -1.22. The standard InChI is InChI=1S/C25H55N11/c26-4-2-1-3-20-21(15-32-10-5-27)23(17-34-12-7-29)25(19-36-14-9-31)24(18-35-13-8-30)22(20)16-33-11-6-28/h32-36H,1-19,26-31H2. The van der Waals surface area contributed by atoms with E-state index in [1.165, 1.54) is 33.4 Å². The third-order valence-electron chi connectivity index (χ3n) is 6.18. The summed E-state index contributed by atoms with van der Waals surface area (Å²) in [7, 11) is 0. The Bertz CT molecular complexity index is 517. The number of nitrogens with one attached hydrogen (secondary N) is 5. The Morgan fingerprint density at radius 1 is 0.333 bits per heavy atom. The maximum absolute atomic E-state index is 5.86. The van der Waals surface area contributed by atoms with E-state index in [4.69, 9.17) is 34.4 Å². The van der Waals surface area contributed by atoms with Crippen LogP contribution in [0.1, 0.15) is 46.2 Å². The van der Waals surface area contributed by atoms with Crippen LogP contribution < -0.4 is 61.0 Å². The number of benzene rings is 1. The van der Waals surface area contributed by atoms with Crippen LogP contribution in [0, 0.1) is 0 Å². The summed E-state index contributed by atoms with van der Waals surface area (Å²) in [6, 6.07) is 0. The van der Waals surface area contributed by atoms with Crippen LogP contribution in [0.15, 0.2) is 0 Å². The van der Waals surface area contributed by atoms with Crippen LogP contribution in [-0.2, 0) is 39.1 Å². The Kier molecular flexibility index (Phi) is 19.9. The van der Waals surface area contributed by atoms with E-state index in [1.54, 1.807) is 0 Å². The van der Waals surface area contributed by atoms with Crippen molar-refractivity contribution in [2.75, 3.05) is 72.0 Å². The molecule has 0 aliphatic rings. The highest BCUT2D eigenvalue weighted by Crippen LogP contribution is 2.31. The molecule has 0 spiro atoms. The molecule has 1 rings (SSSR count). The summed E-state index contributed by atoms with van der Waals surface area (Å²) >= 11 is 0. The van der Waals surface area contributed by atoms with Gasteiger partial charge in [-0.3, -0.25) is 0 Å². The molecular formula is C25H55N11. The summed E-state index contributed by atoms with van der Waals surface area (Å²) < 4.78 is 0. The van der Waals surface area contributed by atoms with Crippen molar-refractivity contribution < 1.29 is 0 Å². The fraction of sp³-hybridized carbons (Fsp3) is 0.760. The van der Waals surface area contributed by atoms with Crippen LogP contribution in [-0.4, -0.2) is 72.0 Å². The largest absolute Gasteiger partial charge is 0.330 e. The van der Waals surface area contributed by atoms with Gasteiger partial charge < -0.3 is 61.0 Å². The smallest absolute Gasteiger partial charge is 0.0212 e. The van der Waals surface area contributed by atoms with E-state index in [-0.39, 0.29) is 0 Å². The van der Waals surface area contributed by atoms with Crippen molar-refractivity contribution in [1.29, 1.82) is 0 Å². The first-order chi connectivity index (χ1) is 17.7. The second-order valence-electron chi connectivity index (χ2n) is 8.94. The quantitative estimate of drug-likeness (QED) is 0.0640. The first-order valence-corrected chi connectivity index (χ1v) is 13.6. The highest BCUT2D eigenvalue weighted by Gasteiger charge is 2.23. The van der Waals surface area contributed by atoms with Crippen LogP contribution in [0.3, 0.4) is 0 Å². The molecule has 0 heterocycles. The molecule has 11 heteroatoms. The molecule has 17 N–H and O–H groups in total. The summed E-state index contributed by atoms with van der Waals surface area (Å²) in [5, 5.41) is 17.8. The zero-order valence-corrected chi connectivity index (χ0v) is 22.4. The maximum Gasteiger partial charge on any atom is 0.0212 e. The predicted octanol–water partition coefficient (Wildman–Crippen LogP) is -2.79. The Morgan fingerprint density at radius 2 is 0.611 bits per heavy atom. The van der Waals surface area contributed by atoms with Crippen LogP contribution in [0.5, 0.6) is 0 Å². The number of hydrogen-bond acceptors (Lipinski definition) is 11. The summed E-state index contributed by atoms with van der Waals surface area (Å²) in [5.41, 5.74) is 43.0. The van der Waals surface area contributed by atoms with Gasteiger partial charge >= 0.3 is 0 Å². The fourth-order valence-electron chi connectivity index (χ4n) is 4.48. The van der Waals surface area contributed by atoms with Gasteiger partial charge in [-0.1, -0.05) is 0 Å². The molecule has 0 radical (unpaired) electrons. The summed E-state index contributed by atoms with van der Waals surface area (Å²) in [6.45, 7) is 11.2. The predicted molar refractivity (Wildman–Crippen MR) is 152 cm³/mol. The SMILES string of the molecule is NCCCCc1c(CNCCN)c(CNCCN)c(CNCCN)c(CNCCN)c1CNCCN.